The van der Waals surface area contributed by atoms with E-state index in [9.17, 15) is 4.79 Å². The number of carbonyl (C=O) groups excluding carboxylic acids is 1. The number of piperidine rings is 1. The number of para-hydroxylation sites is 1. The molecule has 3 heterocycles. The molecule has 0 bridgehead atoms. The van der Waals surface area contributed by atoms with Gasteiger partial charge in [-0.05, 0) is 75.3 Å². The highest BCUT2D eigenvalue weighted by Gasteiger charge is 2.31. The summed E-state index contributed by atoms with van der Waals surface area (Å²) in [5, 5.41) is 0. The lowest BCUT2D eigenvalue weighted by atomic mass is 9.92. The van der Waals surface area contributed by atoms with Crippen molar-refractivity contribution in [3.63, 3.8) is 0 Å². The van der Waals surface area contributed by atoms with Gasteiger partial charge in [0.2, 0.25) is 0 Å². The highest BCUT2D eigenvalue weighted by Crippen LogP contribution is 2.36. The number of ether oxygens (including phenoxy) is 1. The van der Waals surface area contributed by atoms with E-state index >= 15 is 0 Å². The summed E-state index contributed by atoms with van der Waals surface area (Å²) in [5.74, 6) is 1.49. The van der Waals surface area contributed by atoms with Gasteiger partial charge < -0.3 is 9.64 Å². The van der Waals surface area contributed by atoms with E-state index in [1.165, 1.54) is 0 Å². The molecule has 1 fully saturated rings. The Morgan fingerprint density at radius 1 is 1.03 bits per heavy atom. The molecule has 32 heavy (non-hydrogen) atoms. The van der Waals surface area contributed by atoms with Crippen molar-refractivity contribution in [3.8, 4) is 16.9 Å². The first-order chi connectivity index (χ1) is 15.5. The number of benzene rings is 1. The van der Waals surface area contributed by atoms with E-state index in [0.717, 1.165) is 58.5 Å². The van der Waals surface area contributed by atoms with E-state index < -0.39 is 0 Å². The first-order valence-electron chi connectivity index (χ1n) is 11.2. The fourth-order valence-electron chi connectivity index (χ4n) is 4.48. The molecule has 0 N–H and O–H groups in total. The van der Waals surface area contributed by atoms with Gasteiger partial charge in [0, 0.05) is 30.7 Å². The normalized spacial score (nSPS) is 16.1. The van der Waals surface area contributed by atoms with Gasteiger partial charge in [0.15, 0.2) is 6.61 Å². The third kappa shape index (κ3) is 4.49. The molecule has 2 aromatic heterocycles. The van der Waals surface area contributed by atoms with Crippen LogP contribution in [0.5, 0.6) is 5.75 Å². The quantitative estimate of drug-likeness (QED) is 0.576. The number of hydrogen-bond acceptors (Lipinski definition) is 5. The molecule has 4 rings (SSSR count). The van der Waals surface area contributed by atoms with Crippen LogP contribution in [0.3, 0.4) is 0 Å². The van der Waals surface area contributed by atoms with Crippen LogP contribution in [-0.2, 0) is 4.79 Å². The van der Waals surface area contributed by atoms with Crippen LogP contribution < -0.4 is 4.74 Å². The van der Waals surface area contributed by atoms with Crippen molar-refractivity contribution in [3.05, 3.63) is 71.1 Å². The summed E-state index contributed by atoms with van der Waals surface area (Å²) in [6, 6.07) is 7.90. The lowest BCUT2D eigenvalue weighted by Gasteiger charge is -2.36. The van der Waals surface area contributed by atoms with Gasteiger partial charge in [0.25, 0.3) is 5.91 Å². The van der Waals surface area contributed by atoms with E-state index in [4.69, 9.17) is 9.72 Å². The van der Waals surface area contributed by atoms with Crippen molar-refractivity contribution >= 4 is 5.91 Å². The number of rotatable bonds is 5. The highest BCUT2D eigenvalue weighted by molar-refractivity contribution is 5.79. The Hall–Kier alpha value is -3.28. The third-order valence-corrected chi connectivity index (χ3v) is 6.14. The Morgan fingerprint density at radius 3 is 2.56 bits per heavy atom. The number of pyridine rings is 1. The summed E-state index contributed by atoms with van der Waals surface area (Å²) in [6.45, 7) is 8.67. The maximum Gasteiger partial charge on any atom is 0.261 e. The molecular weight excluding hydrogens is 400 g/mol. The molecule has 6 heteroatoms. The van der Waals surface area contributed by atoms with Crippen LogP contribution in [0, 0.1) is 27.7 Å². The van der Waals surface area contributed by atoms with Crippen LogP contribution in [0.15, 0.2) is 42.9 Å². The van der Waals surface area contributed by atoms with E-state index in [-0.39, 0.29) is 18.6 Å². The standard InChI is InChI=1S/C26H30N4O2/c1-17-8-7-9-18(2)26(17)32-16-24(31)30-13-6-5-10-23(30)25-22(15-28-20(4)29-25)21-11-12-27-14-19(21)3/h7-9,11-12,14-15,23H,5-6,10,13,16H2,1-4H3/t23-/m1/s1. The molecule has 0 aliphatic carbocycles. The predicted octanol–water partition coefficient (Wildman–Crippen LogP) is 4.90. The molecule has 0 radical (unpaired) electrons. The first kappa shape index (κ1) is 21.9. The minimum atomic E-state index is -0.0953. The van der Waals surface area contributed by atoms with E-state index in [1.807, 2.05) is 69.3 Å². The molecule has 0 unspecified atom stereocenters. The summed E-state index contributed by atoms with van der Waals surface area (Å²) in [7, 11) is 0. The minimum absolute atomic E-state index is 0.00832. The zero-order valence-electron chi connectivity index (χ0n) is 19.3. The molecule has 1 saturated heterocycles. The summed E-state index contributed by atoms with van der Waals surface area (Å²) in [5.41, 5.74) is 6.07. The molecular formula is C26H30N4O2. The Labute approximate surface area is 189 Å². The minimum Gasteiger partial charge on any atom is -0.483 e. The second kappa shape index (κ2) is 9.47. The van der Waals surface area contributed by atoms with Gasteiger partial charge in [0.1, 0.15) is 11.6 Å². The lowest BCUT2D eigenvalue weighted by molar-refractivity contribution is -0.137. The largest absolute Gasteiger partial charge is 0.483 e. The number of amides is 1. The fourth-order valence-corrected chi connectivity index (χ4v) is 4.48. The van der Waals surface area contributed by atoms with Gasteiger partial charge in [-0.25, -0.2) is 9.97 Å². The number of aromatic nitrogens is 3. The predicted molar refractivity (Wildman–Crippen MR) is 124 cm³/mol. The van der Waals surface area contributed by atoms with Crippen LogP contribution in [0.25, 0.3) is 11.1 Å². The van der Waals surface area contributed by atoms with Crippen LogP contribution in [-0.4, -0.2) is 38.9 Å². The molecule has 1 aliphatic heterocycles. The lowest BCUT2D eigenvalue weighted by Crippen LogP contribution is -2.41. The molecule has 1 aromatic carbocycles. The first-order valence-corrected chi connectivity index (χ1v) is 11.2. The van der Waals surface area contributed by atoms with Crippen molar-refractivity contribution in [1.29, 1.82) is 0 Å². The second-order valence-corrected chi connectivity index (χ2v) is 8.52. The van der Waals surface area contributed by atoms with Crippen LogP contribution in [0.4, 0.5) is 0 Å². The number of nitrogens with zero attached hydrogens (tertiary/aromatic N) is 4. The smallest absolute Gasteiger partial charge is 0.261 e. The van der Waals surface area contributed by atoms with Crippen LogP contribution in [0.1, 0.15) is 53.5 Å². The molecule has 0 spiro atoms. The number of carbonyl (C=O) groups is 1. The van der Waals surface area contributed by atoms with Gasteiger partial charge in [0.05, 0.1) is 11.7 Å². The summed E-state index contributed by atoms with van der Waals surface area (Å²) < 4.78 is 5.99. The van der Waals surface area contributed by atoms with Gasteiger partial charge >= 0.3 is 0 Å². The molecule has 166 valence electrons. The average molecular weight is 431 g/mol. The van der Waals surface area contributed by atoms with Crippen molar-refractivity contribution in [1.82, 2.24) is 19.9 Å². The molecule has 6 nitrogen and oxygen atoms in total. The Balaban J connectivity index is 1.64. The fraction of sp³-hybridized carbons (Fsp3) is 0.385. The molecule has 3 aromatic rings. The zero-order valence-corrected chi connectivity index (χ0v) is 19.3. The van der Waals surface area contributed by atoms with E-state index in [1.54, 1.807) is 6.20 Å². The third-order valence-electron chi connectivity index (χ3n) is 6.14. The average Bonchev–Trinajstić information content (AvgIpc) is 2.79. The zero-order chi connectivity index (χ0) is 22.7. The number of aryl methyl sites for hydroxylation is 4. The van der Waals surface area contributed by atoms with Crippen molar-refractivity contribution in [2.24, 2.45) is 0 Å². The Bertz CT molecular complexity index is 1110. The number of hydrogen-bond donors (Lipinski definition) is 0. The van der Waals surface area contributed by atoms with E-state index in [0.29, 0.717) is 12.4 Å². The van der Waals surface area contributed by atoms with Crippen molar-refractivity contribution in [2.45, 2.75) is 53.0 Å². The topological polar surface area (TPSA) is 68.2 Å². The molecule has 1 amide bonds. The van der Waals surface area contributed by atoms with Crippen molar-refractivity contribution in [2.75, 3.05) is 13.2 Å². The van der Waals surface area contributed by atoms with Gasteiger partial charge in [-0.15, -0.1) is 0 Å². The van der Waals surface area contributed by atoms with Crippen molar-refractivity contribution < 1.29 is 9.53 Å². The highest BCUT2D eigenvalue weighted by atomic mass is 16.5. The van der Waals surface area contributed by atoms with E-state index in [2.05, 4.69) is 9.97 Å². The summed E-state index contributed by atoms with van der Waals surface area (Å²) >= 11 is 0. The Morgan fingerprint density at radius 2 is 1.81 bits per heavy atom. The molecule has 1 aliphatic rings. The monoisotopic (exact) mass is 430 g/mol. The Kier molecular flexibility index (Phi) is 6.49. The summed E-state index contributed by atoms with van der Waals surface area (Å²) in [6.07, 6.45) is 8.44. The second-order valence-electron chi connectivity index (χ2n) is 8.52. The summed E-state index contributed by atoms with van der Waals surface area (Å²) in [4.78, 5) is 28.8. The SMILES string of the molecule is Cc1ncc(-c2ccncc2C)c([C@H]2CCCCN2C(=O)COc2c(C)cccc2C)n1. The van der Waals surface area contributed by atoms with Gasteiger partial charge in [-0.3, -0.25) is 9.78 Å². The van der Waals surface area contributed by atoms with Crippen LogP contribution in [0.2, 0.25) is 0 Å². The van der Waals surface area contributed by atoms with Gasteiger partial charge in [-0.1, -0.05) is 18.2 Å². The maximum atomic E-state index is 13.3. The maximum absolute atomic E-state index is 13.3. The van der Waals surface area contributed by atoms with Gasteiger partial charge in [-0.2, -0.15) is 0 Å². The molecule has 1 atom stereocenters. The van der Waals surface area contributed by atoms with Crippen LogP contribution >= 0.6 is 0 Å². The molecule has 0 saturated carbocycles. The number of likely N-dealkylation sites (tertiary alicyclic amines) is 1.